The molecule has 0 saturated heterocycles. The molecule has 0 saturated carbocycles. The molecule has 1 amide bonds. The molecule has 0 radical (unpaired) electrons. The van der Waals surface area contributed by atoms with Crippen LogP contribution in [0.2, 0.25) is 0 Å². The first-order valence-corrected chi connectivity index (χ1v) is 7.67. The first kappa shape index (κ1) is 19.2. The molecule has 0 aliphatic carbocycles. The number of carbonyl (C=O) groups excluding carboxylic acids is 1. The van der Waals surface area contributed by atoms with Crippen LogP contribution in [0.25, 0.3) is 0 Å². The molecule has 0 aliphatic heterocycles. The summed E-state index contributed by atoms with van der Waals surface area (Å²) in [6.45, 7) is 7.13. The molecule has 21 heavy (non-hydrogen) atoms. The minimum Gasteiger partial charge on any atom is -0.389 e. The Morgan fingerprint density at radius 3 is 2.71 bits per heavy atom. The van der Waals surface area contributed by atoms with Gasteiger partial charge in [0.15, 0.2) is 0 Å². The average Bonchev–Trinajstić information content (AvgIpc) is 2.49. The highest BCUT2D eigenvalue weighted by Crippen LogP contribution is 2.17. The fraction of sp³-hybridized carbons (Fsp3) is 0.375. The number of aliphatic hydroxyl groups excluding tert-OH is 1. The van der Waals surface area contributed by atoms with Gasteiger partial charge < -0.3 is 10.4 Å². The molecule has 0 aromatic carbocycles. The molecule has 0 bridgehead atoms. The van der Waals surface area contributed by atoms with E-state index in [0.29, 0.717) is 17.0 Å². The zero-order valence-electron chi connectivity index (χ0n) is 12.9. The fourth-order valence-corrected chi connectivity index (χ4v) is 1.93. The maximum atomic E-state index is 11.6. The number of allylic oxidation sites excluding steroid dienone is 2. The molecular weight excluding hydrogens is 284 g/mol. The number of nitrogens with zero attached hydrogens (tertiary/aromatic N) is 1. The SMILES string of the molecule is C=CC(O)C/C=C(\C)C#CC=N/C(C)=C(\SC)C(=O)NC. The molecule has 0 fully saturated rings. The summed E-state index contributed by atoms with van der Waals surface area (Å²) in [6, 6.07) is 0. The third-order valence-electron chi connectivity index (χ3n) is 2.50. The maximum Gasteiger partial charge on any atom is 0.259 e. The summed E-state index contributed by atoms with van der Waals surface area (Å²) in [5.74, 6) is 5.55. The van der Waals surface area contributed by atoms with E-state index in [2.05, 4.69) is 28.7 Å². The lowest BCUT2D eigenvalue weighted by Gasteiger charge is -2.03. The Morgan fingerprint density at radius 2 is 2.19 bits per heavy atom. The standard InChI is InChI=1S/C16H22N2O2S/c1-6-14(19)10-9-12(2)8-7-11-18-13(3)15(21-5)16(20)17-4/h6,9,11,14,19H,1,10H2,2-5H3,(H,17,20)/b12-9+,15-13-,18-11?. The van der Waals surface area contributed by atoms with Gasteiger partial charge in [-0.05, 0) is 38.0 Å². The number of rotatable bonds is 6. The number of aliphatic hydroxyl groups is 1. The molecule has 1 atom stereocenters. The van der Waals surface area contributed by atoms with Crippen molar-refractivity contribution in [3.05, 3.63) is 34.9 Å². The minimum atomic E-state index is -0.544. The van der Waals surface area contributed by atoms with E-state index in [0.717, 1.165) is 5.57 Å². The van der Waals surface area contributed by atoms with Crippen molar-refractivity contribution in [2.24, 2.45) is 4.99 Å². The minimum absolute atomic E-state index is 0.153. The second kappa shape index (κ2) is 11.0. The van der Waals surface area contributed by atoms with Crippen LogP contribution >= 0.6 is 11.8 Å². The van der Waals surface area contributed by atoms with Gasteiger partial charge in [0.1, 0.15) is 0 Å². The zero-order chi connectivity index (χ0) is 16.3. The van der Waals surface area contributed by atoms with Gasteiger partial charge in [-0.2, -0.15) is 0 Å². The number of hydrogen-bond donors (Lipinski definition) is 2. The van der Waals surface area contributed by atoms with Crippen LogP contribution in [-0.4, -0.2) is 36.6 Å². The third kappa shape index (κ3) is 8.18. The van der Waals surface area contributed by atoms with Gasteiger partial charge in [0.2, 0.25) is 0 Å². The highest BCUT2D eigenvalue weighted by Gasteiger charge is 2.08. The van der Waals surface area contributed by atoms with Crippen molar-refractivity contribution >= 4 is 23.9 Å². The second-order valence-electron chi connectivity index (χ2n) is 4.15. The summed E-state index contributed by atoms with van der Waals surface area (Å²) in [6.07, 6.45) is 6.57. The van der Waals surface area contributed by atoms with Crippen molar-refractivity contribution < 1.29 is 9.90 Å². The first-order valence-electron chi connectivity index (χ1n) is 6.44. The number of likely N-dealkylation sites (N-methyl/N-ethyl adjacent to an activating group) is 1. The first-order chi connectivity index (χ1) is 9.96. The van der Waals surface area contributed by atoms with Crippen molar-refractivity contribution in [2.75, 3.05) is 13.3 Å². The Hall–Kier alpha value is -1.77. The van der Waals surface area contributed by atoms with Crippen LogP contribution in [-0.2, 0) is 4.79 Å². The van der Waals surface area contributed by atoms with Crippen molar-refractivity contribution in [1.29, 1.82) is 0 Å². The smallest absolute Gasteiger partial charge is 0.259 e. The monoisotopic (exact) mass is 306 g/mol. The van der Waals surface area contributed by atoms with E-state index in [1.54, 1.807) is 14.0 Å². The number of carbonyl (C=O) groups is 1. The molecule has 2 N–H and O–H groups in total. The lowest BCUT2D eigenvalue weighted by Crippen LogP contribution is -2.19. The van der Waals surface area contributed by atoms with Crippen molar-refractivity contribution in [3.8, 4) is 11.8 Å². The topological polar surface area (TPSA) is 61.7 Å². The summed E-state index contributed by atoms with van der Waals surface area (Å²) in [5, 5.41) is 11.9. The van der Waals surface area contributed by atoms with Crippen molar-refractivity contribution in [2.45, 2.75) is 26.4 Å². The van der Waals surface area contributed by atoms with Crippen LogP contribution in [0, 0.1) is 11.8 Å². The Labute approximate surface area is 131 Å². The summed E-state index contributed by atoms with van der Waals surface area (Å²) in [5.41, 5.74) is 1.47. The Bertz CT molecular complexity index is 522. The molecule has 0 aromatic rings. The molecule has 0 spiro atoms. The zero-order valence-corrected chi connectivity index (χ0v) is 13.8. The van der Waals surface area contributed by atoms with E-state index in [9.17, 15) is 9.90 Å². The summed E-state index contributed by atoms with van der Waals surface area (Å²) >= 11 is 1.35. The third-order valence-corrected chi connectivity index (χ3v) is 3.38. The molecule has 0 aliphatic rings. The Balaban J connectivity index is 4.78. The number of aliphatic imine (C=N–C) groups is 1. The lowest BCUT2D eigenvalue weighted by molar-refractivity contribution is -0.116. The van der Waals surface area contributed by atoms with Gasteiger partial charge in [-0.1, -0.05) is 18.1 Å². The van der Waals surface area contributed by atoms with E-state index in [-0.39, 0.29) is 5.91 Å². The molecule has 4 nitrogen and oxygen atoms in total. The predicted octanol–water partition coefficient (Wildman–Crippen LogP) is 2.28. The molecular formula is C16H22N2O2S. The van der Waals surface area contributed by atoms with Gasteiger partial charge in [0.25, 0.3) is 5.91 Å². The second-order valence-corrected chi connectivity index (χ2v) is 4.97. The largest absolute Gasteiger partial charge is 0.389 e. The van der Waals surface area contributed by atoms with Crippen LogP contribution in [0.4, 0.5) is 0 Å². The normalized spacial score (nSPS) is 14.0. The van der Waals surface area contributed by atoms with Gasteiger partial charge in [-0.25, -0.2) is 0 Å². The van der Waals surface area contributed by atoms with E-state index >= 15 is 0 Å². The Kier molecular flexibility index (Phi) is 10.0. The van der Waals surface area contributed by atoms with Gasteiger partial charge in [-0.3, -0.25) is 9.79 Å². The van der Waals surface area contributed by atoms with Crippen LogP contribution in [0.5, 0.6) is 0 Å². The van der Waals surface area contributed by atoms with E-state index in [1.807, 2.05) is 19.3 Å². The van der Waals surface area contributed by atoms with Gasteiger partial charge >= 0.3 is 0 Å². The number of thioether (sulfide) groups is 1. The Morgan fingerprint density at radius 1 is 1.52 bits per heavy atom. The quantitative estimate of drug-likeness (QED) is 0.342. The molecule has 0 heterocycles. The van der Waals surface area contributed by atoms with Crippen LogP contribution in [0.1, 0.15) is 20.3 Å². The number of amides is 1. The molecule has 5 heteroatoms. The molecule has 114 valence electrons. The predicted molar refractivity (Wildman–Crippen MR) is 91.1 cm³/mol. The summed E-state index contributed by atoms with van der Waals surface area (Å²) in [7, 11) is 1.58. The molecule has 1 unspecified atom stereocenters. The van der Waals surface area contributed by atoms with Crippen LogP contribution in [0.15, 0.2) is 39.9 Å². The van der Waals surface area contributed by atoms with Gasteiger partial charge in [0.05, 0.1) is 22.9 Å². The summed E-state index contributed by atoms with van der Waals surface area (Å²) in [4.78, 5) is 16.3. The number of nitrogens with one attached hydrogen (secondary N) is 1. The van der Waals surface area contributed by atoms with E-state index < -0.39 is 6.10 Å². The highest BCUT2D eigenvalue weighted by molar-refractivity contribution is 8.03. The van der Waals surface area contributed by atoms with E-state index in [4.69, 9.17) is 0 Å². The fourth-order valence-electron chi connectivity index (χ4n) is 1.30. The van der Waals surface area contributed by atoms with Crippen molar-refractivity contribution in [1.82, 2.24) is 5.32 Å². The van der Waals surface area contributed by atoms with Crippen LogP contribution in [0.3, 0.4) is 0 Å². The lowest BCUT2D eigenvalue weighted by atomic mass is 10.2. The number of hydrogen-bond acceptors (Lipinski definition) is 4. The van der Waals surface area contributed by atoms with E-state index in [1.165, 1.54) is 24.1 Å². The summed E-state index contributed by atoms with van der Waals surface area (Å²) < 4.78 is 0. The molecule has 0 aromatic heterocycles. The highest BCUT2D eigenvalue weighted by atomic mass is 32.2. The van der Waals surface area contributed by atoms with Gasteiger partial charge in [0, 0.05) is 7.05 Å². The van der Waals surface area contributed by atoms with Crippen molar-refractivity contribution in [3.63, 3.8) is 0 Å². The molecule has 0 rings (SSSR count). The maximum absolute atomic E-state index is 11.6. The van der Waals surface area contributed by atoms with Crippen LogP contribution < -0.4 is 5.32 Å². The average molecular weight is 306 g/mol. The van der Waals surface area contributed by atoms with Gasteiger partial charge in [-0.15, -0.1) is 18.3 Å².